The first-order valence-electron chi connectivity index (χ1n) is 15.2. The molecule has 13 heteroatoms. The summed E-state index contributed by atoms with van der Waals surface area (Å²) < 4.78 is 14.6. The minimum absolute atomic E-state index is 0.0124. The molecule has 0 bridgehead atoms. The van der Waals surface area contributed by atoms with Crippen molar-refractivity contribution in [3.8, 4) is 11.1 Å². The first kappa shape index (κ1) is 33.2. The molecule has 1 fully saturated rings. The number of tetrazole rings is 1. The topological polar surface area (TPSA) is 161 Å². The van der Waals surface area contributed by atoms with E-state index < -0.39 is 12.2 Å². The van der Waals surface area contributed by atoms with Crippen LogP contribution >= 0.6 is 11.8 Å². The first-order chi connectivity index (χ1) is 22.4. The van der Waals surface area contributed by atoms with Crippen LogP contribution in [0, 0.1) is 0 Å². The third-order valence-electron chi connectivity index (χ3n) is 7.71. The Labute approximate surface area is 271 Å². The molecule has 1 aliphatic heterocycles. The summed E-state index contributed by atoms with van der Waals surface area (Å²) in [6.45, 7) is 0.387. The number of carbonyl (C=O) groups is 2. The zero-order chi connectivity index (χ0) is 32.3. The van der Waals surface area contributed by atoms with Crippen LogP contribution in [-0.4, -0.2) is 54.2 Å². The van der Waals surface area contributed by atoms with Crippen molar-refractivity contribution in [1.82, 2.24) is 31.0 Å². The van der Waals surface area contributed by atoms with Crippen molar-refractivity contribution in [3.05, 3.63) is 95.1 Å². The molecule has 0 unspecified atom stereocenters. The van der Waals surface area contributed by atoms with E-state index in [1.54, 1.807) is 10.2 Å². The lowest BCUT2D eigenvalue weighted by molar-refractivity contribution is -0.245. The number of unbranched alkanes of at least 4 members (excludes halogenated alkanes) is 1. The van der Waals surface area contributed by atoms with Crippen molar-refractivity contribution in [2.75, 3.05) is 5.75 Å². The van der Waals surface area contributed by atoms with E-state index in [0.717, 1.165) is 33.4 Å². The molecule has 1 aliphatic rings. The van der Waals surface area contributed by atoms with E-state index in [1.165, 1.54) is 11.8 Å². The molecule has 4 N–H and O–H groups in total. The lowest BCUT2D eigenvalue weighted by Gasteiger charge is -2.36. The van der Waals surface area contributed by atoms with Gasteiger partial charge in [-0.05, 0) is 57.2 Å². The van der Waals surface area contributed by atoms with E-state index in [0.29, 0.717) is 43.1 Å². The summed E-state index contributed by atoms with van der Waals surface area (Å²) >= 11 is 1.54. The molecule has 2 amide bonds. The number of hydroxylamine groups is 1. The van der Waals surface area contributed by atoms with Crippen LogP contribution in [0.3, 0.4) is 0 Å². The molecule has 2 heterocycles. The van der Waals surface area contributed by atoms with Gasteiger partial charge in [-0.2, -0.15) is 0 Å². The van der Waals surface area contributed by atoms with Crippen LogP contribution in [0.2, 0.25) is 0 Å². The Balaban J connectivity index is 1.22. The van der Waals surface area contributed by atoms with Crippen LogP contribution in [-0.2, 0) is 39.3 Å². The fourth-order valence-corrected chi connectivity index (χ4v) is 6.01. The van der Waals surface area contributed by atoms with Crippen LogP contribution in [0.4, 0.5) is 0 Å². The fourth-order valence-electron chi connectivity index (χ4n) is 5.14. The zero-order valence-corrected chi connectivity index (χ0v) is 26.4. The van der Waals surface area contributed by atoms with E-state index in [-0.39, 0.29) is 31.1 Å². The van der Waals surface area contributed by atoms with E-state index >= 15 is 0 Å². The minimum atomic E-state index is -0.576. The maximum absolute atomic E-state index is 12.2. The number of hydrogen-bond acceptors (Lipinski definition) is 10. The summed E-state index contributed by atoms with van der Waals surface area (Å²) in [5.41, 5.74) is 7.38. The third kappa shape index (κ3) is 9.21. The van der Waals surface area contributed by atoms with Gasteiger partial charge in [-0.3, -0.25) is 14.8 Å². The summed E-state index contributed by atoms with van der Waals surface area (Å²) in [7, 11) is 1.81. The van der Waals surface area contributed by atoms with Gasteiger partial charge < -0.3 is 19.9 Å². The Hall–Kier alpha value is -4.14. The van der Waals surface area contributed by atoms with Crippen molar-refractivity contribution in [3.63, 3.8) is 0 Å². The van der Waals surface area contributed by atoms with E-state index in [2.05, 4.69) is 26.9 Å². The summed E-state index contributed by atoms with van der Waals surface area (Å²) in [6.07, 6.45) is 1.37. The van der Waals surface area contributed by atoms with Crippen molar-refractivity contribution in [2.24, 2.45) is 7.05 Å². The van der Waals surface area contributed by atoms with Crippen LogP contribution in [0.25, 0.3) is 11.1 Å². The Kier molecular flexibility index (Phi) is 11.9. The lowest BCUT2D eigenvalue weighted by Crippen LogP contribution is -2.31. The van der Waals surface area contributed by atoms with Gasteiger partial charge >= 0.3 is 0 Å². The zero-order valence-electron chi connectivity index (χ0n) is 25.5. The number of aliphatic hydroxyl groups excluding tert-OH is 1. The number of thioether (sulfide) groups is 1. The molecule has 1 saturated heterocycles. The number of amides is 2. The van der Waals surface area contributed by atoms with Gasteiger partial charge in [0.15, 0.2) is 6.29 Å². The molecule has 4 aromatic rings. The number of hydrogen-bond donors (Lipinski definition) is 4. The van der Waals surface area contributed by atoms with Gasteiger partial charge in [0.1, 0.15) is 0 Å². The summed E-state index contributed by atoms with van der Waals surface area (Å²) in [4.78, 5) is 23.3. The lowest BCUT2D eigenvalue weighted by atomic mass is 9.99. The average molecular weight is 647 g/mol. The highest BCUT2D eigenvalue weighted by Crippen LogP contribution is 2.39. The molecule has 46 heavy (non-hydrogen) atoms. The molecule has 3 atom stereocenters. The molecule has 12 nitrogen and oxygen atoms in total. The van der Waals surface area contributed by atoms with Gasteiger partial charge in [0.25, 0.3) is 0 Å². The Bertz CT molecular complexity index is 1580. The van der Waals surface area contributed by atoms with Crippen LogP contribution < -0.4 is 10.8 Å². The molecule has 0 spiro atoms. The van der Waals surface area contributed by atoms with Gasteiger partial charge in [-0.15, -0.1) is 5.10 Å². The number of rotatable bonds is 14. The molecule has 0 saturated carbocycles. The van der Waals surface area contributed by atoms with E-state index in [9.17, 15) is 14.7 Å². The van der Waals surface area contributed by atoms with Crippen molar-refractivity contribution in [2.45, 2.75) is 68.9 Å². The monoisotopic (exact) mass is 646 g/mol. The smallest absolute Gasteiger partial charge is 0.243 e. The van der Waals surface area contributed by atoms with Gasteiger partial charge in [-0.1, -0.05) is 78.5 Å². The predicted molar refractivity (Wildman–Crippen MR) is 170 cm³/mol. The Morgan fingerprint density at radius 1 is 0.935 bits per heavy atom. The van der Waals surface area contributed by atoms with Crippen molar-refractivity contribution >= 4 is 23.6 Å². The molecule has 5 rings (SSSR count). The second-order valence-corrected chi connectivity index (χ2v) is 12.1. The number of benzene rings is 3. The number of aromatic nitrogens is 4. The average Bonchev–Trinajstić information content (AvgIpc) is 3.52. The highest BCUT2D eigenvalue weighted by Gasteiger charge is 2.32. The molecule has 0 aliphatic carbocycles. The van der Waals surface area contributed by atoms with Gasteiger partial charge in [-0.25, -0.2) is 10.2 Å². The molecule has 0 radical (unpaired) electrons. The Morgan fingerprint density at radius 3 is 2.37 bits per heavy atom. The molecule has 3 aromatic carbocycles. The second-order valence-electron chi connectivity index (χ2n) is 11.1. The number of nitrogens with one attached hydrogen (secondary N) is 2. The number of aliphatic hydroxyl groups is 1. The summed E-state index contributed by atoms with van der Waals surface area (Å²) in [5, 5.41) is 33.4. The second kappa shape index (κ2) is 16.4. The first-order valence-corrected chi connectivity index (χ1v) is 16.1. The maximum atomic E-state index is 12.2. The van der Waals surface area contributed by atoms with E-state index in [1.807, 2.05) is 73.8 Å². The molecular formula is C33H38N6O6S. The highest BCUT2D eigenvalue weighted by atomic mass is 32.2. The standard InChI is InChI=1S/C33H38N6O6S/c1-39-33(35-37-38-39)46-21-28-18-29(25-11-9-22(20-40)10-12-25)45-32(44-28)26-15-13-24(14-16-26)27-6-4-5-23(17-27)19-34-30(41)7-2-3-8-31(42)36-43/h4-6,9-17,28-29,32,40,43H,2-3,7-8,18-21H2,1H3,(H,34,41)(H,36,42)/t28-,29+,32+/m0/s1. The number of ether oxygens (including phenoxy) is 2. The van der Waals surface area contributed by atoms with Gasteiger partial charge in [0.05, 0.1) is 18.8 Å². The number of carbonyl (C=O) groups excluding carboxylic acids is 2. The molecule has 242 valence electrons. The van der Waals surface area contributed by atoms with Gasteiger partial charge in [0.2, 0.25) is 17.0 Å². The SMILES string of the molecule is Cn1nnnc1SC[C@@H]1C[C@H](c2ccc(CO)cc2)O[C@H](c2ccc(-c3cccc(CNC(=O)CCCCC(=O)NO)c3)cc2)O1. The quantitative estimate of drug-likeness (QED) is 0.0670. The van der Waals surface area contributed by atoms with E-state index in [4.69, 9.17) is 14.7 Å². The maximum Gasteiger partial charge on any atom is 0.243 e. The van der Waals surface area contributed by atoms with Crippen molar-refractivity contribution in [1.29, 1.82) is 0 Å². The molecule has 1 aromatic heterocycles. The Morgan fingerprint density at radius 2 is 1.67 bits per heavy atom. The predicted octanol–water partition coefficient (Wildman–Crippen LogP) is 4.39. The minimum Gasteiger partial charge on any atom is -0.392 e. The third-order valence-corrected chi connectivity index (χ3v) is 8.85. The van der Waals surface area contributed by atoms with Crippen LogP contribution in [0.5, 0.6) is 0 Å². The number of nitrogens with zero attached hydrogens (tertiary/aromatic N) is 4. The van der Waals surface area contributed by atoms with Crippen LogP contribution in [0.1, 0.15) is 66.8 Å². The highest BCUT2D eigenvalue weighted by molar-refractivity contribution is 7.99. The summed E-state index contributed by atoms with van der Waals surface area (Å²) in [5.74, 6) is 0.120. The fraction of sp³-hybridized carbons (Fsp3) is 0.364. The van der Waals surface area contributed by atoms with Gasteiger partial charge in [0, 0.05) is 44.2 Å². The molecular weight excluding hydrogens is 608 g/mol. The summed E-state index contributed by atoms with van der Waals surface area (Å²) in [6, 6.07) is 23.9. The normalized spacial score (nSPS) is 17.8. The van der Waals surface area contributed by atoms with Crippen molar-refractivity contribution < 1.29 is 29.4 Å². The number of aryl methyl sites for hydroxylation is 1. The largest absolute Gasteiger partial charge is 0.392 e. The van der Waals surface area contributed by atoms with Crippen LogP contribution in [0.15, 0.2) is 78.0 Å².